The van der Waals surface area contributed by atoms with E-state index < -0.39 is 0 Å². The molecule has 0 bridgehead atoms. The zero-order valence-corrected chi connectivity index (χ0v) is 16.9. The summed E-state index contributed by atoms with van der Waals surface area (Å²) < 4.78 is 13.2. The van der Waals surface area contributed by atoms with Crippen LogP contribution >= 0.6 is 0 Å². The molecule has 1 unspecified atom stereocenters. The molecular formula is C23H26FN5. The lowest BCUT2D eigenvalue weighted by Crippen LogP contribution is -2.34. The Hall–Kier alpha value is -2.86. The van der Waals surface area contributed by atoms with Gasteiger partial charge in [-0.3, -0.25) is 9.88 Å². The first-order chi connectivity index (χ1) is 14.1. The van der Waals surface area contributed by atoms with Crippen molar-refractivity contribution in [3.8, 4) is 11.4 Å². The van der Waals surface area contributed by atoms with Gasteiger partial charge in [-0.25, -0.2) is 14.4 Å². The Kier molecular flexibility index (Phi) is 5.81. The van der Waals surface area contributed by atoms with Crippen LogP contribution in [0.15, 0.2) is 54.9 Å². The SMILES string of the molecule is CN(C)c1cc(C2CCCN(Cc3ccc(F)cc3)C2)nc(-c2cccnc2)n1. The Balaban J connectivity index is 1.57. The van der Waals surface area contributed by atoms with Gasteiger partial charge in [-0.15, -0.1) is 0 Å². The fraction of sp³-hybridized carbons (Fsp3) is 0.348. The van der Waals surface area contributed by atoms with Gasteiger partial charge in [0.25, 0.3) is 0 Å². The van der Waals surface area contributed by atoms with Crippen LogP contribution in [-0.4, -0.2) is 47.0 Å². The van der Waals surface area contributed by atoms with Crippen LogP contribution in [0.2, 0.25) is 0 Å². The molecule has 6 heteroatoms. The Labute approximate surface area is 171 Å². The second-order valence-electron chi connectivity index (χ2n) is 7.81. The van der Waals surface area contributed by atoms with Crippen LogP contribution in [0.4, 0.5) is 10.2 Å². The molecule has 29 heavy (non-hydrogen) atoms. The zero-order valence-electron chi connectivity index (χ0n) is 16.9. The third kappa shape index (κ3) is 4.77. The maximum Gasteiger partial charge on any atom is 0.163 e. The quantitative estimate of drug-likeness (QED) is 0.655. The highest BCUT2D eigenvalue weighted by molar-refractivity contribution is 5.56. The lowest BCUT2D eigenvalue weighted by Gasteiger charge is -2.33. The van der Waals surface area contributed by atoms with Crippen molar-refractivity contribution in [3.05, 3.63) is 71.9 Å². The van der Waals surface area contributed by atoms with E-state index in [1.807, 2.05) is 43.3 Å². The molecule has 150 valence electrons. The number of nitrogens with zero attached hydrogens (tertiary/aromatic N) is 5. The summed E-state index contributed by atoms with van der Waals surface area (Å²) in [6, 6.07) is 12.8. The highest BCUT2D eigenvalue weighted by atomic mass is 19.1. The van der Waals surface area contributed by atoms with Gasteiger partial charge in [0.15, 0.2) is 5.82 Å². The van der Waals surface area contributed by atoms with Crippen molar-refractivity contribution >= 4 is 5.82 Å². The highest BCUT2D eigenvalue weighted by Crippen LogP contribution is 2.30. The highest BCUT2D eigenvalue weighted by Gasteiger charge is 2.24. The van der Waals surface area contributed by atoms with Gasteiger partial charge in [-0.1, -0.05) is 12.1 Å². The molecular weight excluding hydrogens is 365 g/mol. The summed E-state index contributed by atoms with van der Waals surface area (Å²) in [5, 5.41) is 0. The molecule has 1 saturated heterocycles. The van der Waals surface area contributed by atoms with Crippen molar-refractivity contribution in [1.82, 2.24) is 19.9 Å². The Morgan fingerprint density at radius 1 is 1.14 bits per heavy atom. The first-order valence-electron chi connectivity index (χ1n) is 10.0. The number of piperidine rings is 1. The minimum Gasteiger partial charge on any atom is -0.363 e. The predicted octanol–water partition coefficient (Wildman–Crippen LogP) is 4.12. The van der Waals surface area contributed by atoms with Gasteiger partial charge in [0.05, 0.1) is 5.69 Å². The molecule has 1 fully saturated rings. The number of hydrogen-bond acceptors (Lipinski definition) is 5. The van der Waals surface area contributed by atoms with E-state index in [1.54, 1.807) is 12.4 Å². The van der Waals surface area contributed by atoms with E-state index in [-0.39, 0.29) is 5.82 Å². The topological polar surface area (TPSA) is 45.2 Å². The first kappa shape index (κ1) is 19.5. The predicted molar refractivity (Wildman–Crippen MR) is 113 cm³/mol. The lowest BCUT2D eigenvalue weighted by atomic mass is 9.94. The standard InChI is InChI=1S/C23H26FN5/c1-28(2)22-13-21(26-23(27-22)18-5-3-11-25-14-18)19-6-4-12-29(16-19)15-17-7-9-20(24)10-8-17/h3,5,7-11,13-14,19H,4,6,12,15-16H2,1-2H3. The van der Waals surface area contributed by atoms with Crippen LogP contribution < -0.4 is 4.90 Å². The first-order valence-corrected chi connectivity index (χ1v) is 10.0. The van der Waals surface area contributed by atoms with Gasteiger partial charge in [-0.05, 0) is 49.2 Å². The Bertz CT molecular complexity index is 943. The lowest BCUT2D eigenvalue weighted by molar-refractivity contribution is 0.198. The molecule has 1 aliphatic rings. The maximum atomic E-state index is 13.2. The minimum absolute atomic E-state index is 0.189. The van der Waals surface area contributed by atoms with Gasteiger partial charge in [-0.2, -0.15) is 0 Å². The summed E-state index contributed by atoms with van der Waals surface area (Å²) in [7, 11) is 4.00. The van der Waals surface area contributed by atoms with E-state index >= 15 is 0 Å². The molecule has 0 N–H and O–H groups in total. The number of hydrogen-bond donors (Lipinski definition) is 0. The maximum absolute atomic E-state index is 13.2. The summed E-state index contributed by atoms with van der Waals surface area (Å²) in [5.74, 6) is 1.78. The molecule has 3 aromatic rings. The molecule has 1 aromatic carbocycles. The normalized spacial score (nSPS) is 17.3. The fourth-order valence-electron chi connectivity index (χ4n) is 3.80. The van der Waals surface area contributed by atoms with Gasteiger partial charge >= 0.3 is 0 Å². The average Bonchev–Trinajstić information content (AvgIpc) is 2.76. The van der Waals surface area contributed by atoms with Crippen molar-refractivity contribution in [2.24, 2.45) is 0 Å². The van der Waals surface area contributed by atoms with Gasteiger partial charge in [0, 0.05) is 57.1 Å². The van der Waals surface area contributed by atoms with Crippen molar-refractivity contribution < 1.29 is 4.39 Å². The summed E-state index contributed by atoms with van der Waals surface area (Å²) in [5.41, 5.74) is 3.14. The van der Waals surface area contributed by atoms with E-state index in [9.17, 15) is 4.39 Å². The van der Waals surface area contributed by atoms with Crippen molar-refractivity contribution in [2.75, 3.05) is 32.1 Å². The summed E-state index contributed by atoms with van der Waals surface area (Å²) in [6.45, 7) is 2.82. The van der Waals surface area contributed by atoms with Crippen molar-refractivity contribution in [2.45, 2.75) is 25.3 Å². The molecule has 0 amide bonds. The third-order valence-electron chi connectivity index (χ3n) is 5.35. The monoisotopic (exact) mass is 391 g/mol. The van der Waals surface area contributed by atoms with E-state index in [0.717, 1.165) is 60.9 Å². The average molecular weight is 391 g/mol. The second kappa shape index (κ2) is 8.66. The van der Waals surface area contributed by atoms with Crippen LogP contribution in [0.3, 0.4) is 0 Å². The largest absolute Gasteiger partial charge is 0.363 e. The van der Waals surface area contributed by atoms with E-state index in [4.69, 9.17) is 9.97 Å². The number of rotatable bonds is 5. The molecule has 0 spiro atoms. The molecule has 0 saturated carbocycles. The van der Waals surface area contributed by atoms with Gasteiger partial charge in [0.2, 0.25) is 0 Å². The minimum atomic E-state index is -0.189. The summed E-state index contributed by atoms with van der Waals surface area (Å²) in [4.78, 5) is 18.3. The number of aromatic nitrogens is 3. The van der Waals surface area contributed by atoms with Gasteiger partial charge in [0.1, 0.15) is 11.6 Å². The molecule has 4 rings (SSSR count). The number of anilines is 1. The zero-order chi connectivity index (χ0) is 20.2. The number of likely N-dealkylation sites (tertiary alicyclic amines) is 1. The van der Waals surface area contributed by atoms with Crippen molar-refractivity contribution in [3.63, 3.8) is 0 Å². The molecule has 2 aromatic heterocycles. The molecule has 1 atom stereocenters. The van der Waals surface area contributed by atoms with Crippen LogP contribution in [0.25, 0.3) is 11.4 Å². The van der Waals surface area contributed by atoms with Gasteiger partial charge < -0.3 is 4.90 Å². The Morgan fingerprint density at radius 3 is 2.69 bits per heavy atom. The summed E-state index contributed by atoms with van der Waals surface area (Å²) >= 11 is 0. The van der Waals surface area contributed by atoms with Crippen LogP contribution in [0, 0.1) is 5.82 Å². The third-order valence-corrected chi connectivity index (χ3v) is 5.35. The molecule has 0 radical (unpaired) electrons. The molecule has 3 heterocycles. The van der Waals surface area contributed by atoms with Crippen LogP contribution in [0.1, 0.15) is 30.0 Å². The fourth-order valence-corrected chi connectivity index (χ4v) is 3.80. The van der Waals surface area contributed by atoms with E-state index in [0.29, 0.717) is 5.92 Å². The van der Waals surface area contributed by atoms with E-state index in [2.05, 4.69) is 16.0 Å². The molecule has 5 nitrogen and oxygen atoms in total. The number of pyridine rings is 1. The second-order valence-corrected chi connectivity index (χ2v) is 7.81. The molecule has 1 aliphatic heterocycles. The van der Waals surface area contributed by atoms with Crippen molar-refractivity contribution in [1.29, 1.82) is 0 Å². The Morgan fingerprint density at radius 2 is 1.97 bits per heavy atom. The van der Waals surface area contributed by atoms with Crippen LogP contribution in [0.5, 0.6) is 0 Å². The van der Waals surface area contributed by atoms with E-state index in [1.165, 1.54) is 12.1 Å². The smallest absolute Gasteiger partial charge is 0.163 e. The summed E-state index contributed by atoms with van der Waals surface area (Å²) in [6.07, 6.45) is 5.79. The molecule has 0 aliphatic carbocycles. The number of halogens is 1. The number of benzene rings is 1. The van der Waals surface area contributed by atoms with Crippen LogP contribution in [-0.2, 0) is 6.54 Å².